The number of esters is 1. The monoisotopic (exact) mass is 410 g/mol. The minimum absolute atomic E-state index is 0.0215. The van der Waals surface area contributed by atoms with E-state index in [0.29, 0.717) is 22.1 Å². The maximum Gasteiger partial charge on any atom is 0.338 e. The minimum atomic E-state index is -0.460. The van der Waals surface area contributed by atoms with Crippen molar-refractivity contribution < 1.29 is 19.1 Å². The highest BCUT2D eigenvalue weighted by atomic mass is 32.1. The first kappa shape index (κ1) is 20.5. The van der Waals surface area contributed by atoms with Gasteiger partial charge in [-0.25, -0.2) is 9.78 Å². The number of anilines is 2. The van der Waals surface area contributed by atoms with Crippen LogP contribution in [0.5, 0.6) is 5.75 Å². The van der Waals surface area contributed by atoms with Gasteiger partial charge >= 0.3 is 5.97 Å². The molecular weight excluding hydrogens is 388 g/mol. The lowest BCUT2D eigenvalue weighted by atomic mass is 10.1. The molecule has 0 N–H and O–H groups in total. The van der Waals surface area contributed by atoms with Crippen LogP contribution >= 0.6 is 11.3 Å². The zero-order chi connectivity index (χ0) is 20.8. The molecule has 0 aliphatic rings. The van der Waals surface area contributed by atoms with E-state index in [1.54, 1.807) is 41.7 Å². The molecule has 0 spiro atoms. The van der Waals surface area contributed by atoms with Crippen molar-refractivity contribution in [2.75, 3.05) is 12.0 Å². The third kappa shape index (κ3) is 4.81. The van der Waals surface area contributed by atoms with Gasteiger partial charge in [-0.2, -0.15) is 0 Å². The van der Waals surface area contributed by atoms with Gasteiger partial charge in [0.05, 0.1) is 24.1 Å². The Balaban J connectivity index is 1.75. The quantitative estimate of drug-likeness (QED) is 0.526. The average Bonchev–Trinajstić information content (AvgIpc) is 3.20. The molecule has 0 aliphatic carbocycles. The van der Waals surface area contributed by atoms with E-state index in [2.05, 4.69) is 4.98 Å². The number of carbonyl (C=O) groups excluding carboxylic acids is 2. The van der Waals surface area contributed by atoms with Crippen molar-refractivity contribution in [1.29, 1.82) is 0 Å². The van der Waals surface area contributed by atoms with Crippen molar-refractivity contribution in [1.82, 2.24) is 4.98 Å². The summed E-state index contributed by atoms with van der Waals surface area (Å²) in [7, 11) is 1.54. The largest absolute Gasteiger partial charge is 0.497 e. The Morgan fingerprint density at radius 2 is 1.93 bits per heavy atom. The lowest BCUT2D eigenvalue weighted by Gasteiger charge is -2.20. The van der Waals surface area contributed by atoms with Crippen molar-refractivity contribution in [2.45, 2.75) is 26.9 Å². The molecule has 0 atom stereocenters. The van der Waals surface area contributed by atoms with Gasteiger partial charge in [-0.05, 0) is 36.2 Å². The van der Waals surface area contributed by atoms with Crippen molar-refractivity contribution in [3.63, 3.8) is 0 Å². The summed E-state index contributed by atoms with van der Waals surface area (Å²) in [5.74, 6) is 0.000428. The molecule has 6 nitrogen and oxygen atoms in total. The van der Waals surface area contributed by atoms with Gasteiger partial charge in [0, 0.05) is 12.3 Å². The van der Waals surface area contributed by atoms with Crippen LogP contribution in [-0.2, 0) is 22.6 Å². The molecule has 150 valence electrons. The maximum atomic E-state index is 12.3. The Morgan fingerprint density at radius 1 is 1.14 bits per heavy atom. The first-order valence-electron chi connectivity index (χ1n) is 9.17. The standard InChI is InChI=1S/C22H22N2O4S/c1-4-16-8-5-6-11-20(16)24(15(2)25)22-23-18(14-29-22)13-28-21(26)17-9-7-10-19(12-17)27-3/h5-12,14H,4,13H2,1-3H3. The summed E-state index contributed by atoms with van der Waals surface area (Å²) < 4.78 is 10.5. The first-order chi connectivity index (χ1) is 14.0. The van der Waals surface area contributed by atoms with Gasteiger partial charge in [0.1, 0.15) is 12.4 Å². The molecule has 3 rings (SSSR count). The number of aryl methyl sites for hydroxylation is 1. The number of para-hydroxylation sites is 1. The molecule has 0 unspecified atom stereocenters. The second kappa shape index (κ2) is 9.34. The molecule has 29 heavy (non-hydrogen) atoms. The normalized spacial score (nSPS) is 10.4. The molecule has 3 aromatic rings. The molecule has 1 amide bonds. The second-order valence-electron chi connectivity index (χ2n) is 6.27. The van der Waals surface area contributed by atoms with E-state index < -0.39 is 5.97 Å². The number of amides is 1. The van der Waals surface area contributed by atoms with Crippen LogP contribution in [0.1, 0.15) is 35.5 Å². The van der Waals surface area contributed by atoms with E-state index in [1.165, 1.54) is 18.3 Å². The third-order valence-electron chi connectivity index (χ3n) is 4.32. The van der Waals surface area contributed by atoms with Crippen LogP contribution in [0.15, 0.2) is 53.9 Å². The molecule has 7 heteroatoms. The van der Waals surface area contributed by atoms with E-state index in [1.807, 2.05) is 31.2 Å². The van der Waals surface area contributed by atoms with E-state index in [4.69, 9.17) is 9.47 Å². The Labute approximate surface area is 173 Å². The van der Waals surface area contributed by atoms with Crippen LogP contribution in [0.25, 0.3) is 0 Å². The number of methoxy groups -OCH3 is 1. The van der Waals surface area contributed by atoms with Gasteiger partial charge < -0.3 is 9.47 Å². The van der Waals surface area contributed by atoms with Gasteiger partial charge in [0.25, 0.3) is 0 Å². The maximum absolute atomic E-state index is 12.3. The summed E-state index contributed by atoms with van der Waals surface area (Å²) in [4.78, 5) is 30.7. The number of benzene rings is 2. The smallest absolute Gasteiger partial charge is 0.338 e. The van der Waals surface area contributed by atoms with E-state index in [9.17, 15) is 9.59 Å². The number of thiazole rings is 1. The molecule has 0 fully saturated rings. The van der Waals surface area contributed by atoms with Crippen LogP contribution in [0.3, 0.4) is 0 Å². The van der Waals surface area contributed by atoms with Crippen LogP contribution in [0, 0.1) is 0 Å². The van der Waals surface area contributed by atoms with E-state index in [-0.39, 0.29) is 12.5 Å². The zero-order valence-electron chi connectivity index (χ0n) is 16.5. The Hall–Kier alpha value is -3.19. The predicted octanol–water partition coefficient (Wildman–Crippen LogP) is 4.76. The molecule has 0 bridgehead atoms. The fraction of sp³-hybridized carbons (Fsp3) is 0.227. The van der Waals surface area contributed by atoms with Crippen LogP contribution < -0.4 is 9.64 Å². The number of hydrogen-bond acceptors (Lipinski definition) is 6. The van der Waals surface area contributed by atoms with Crippen molar-refractivity contribution >= 4 is 34.0 Å². The number of aromatic nitrogens is 1. The topological polar surface area (TPSA) is 68.7 Å². The summed E-state index contributed by atoms with van der Waals surface area (Å²) in [5.41, 5.74) is 2.86. The molecule has 0 radical (unpaired) electrons. The molecule has 1 aromatic heterocycles. The highest BCUT2D eigenvalue weighted by molar-refractivity contribution is 7.14. The van der Waals surface area contributed by atoms with E-state index >= 15 is 0 Å². The van der Waals surface area contributed by atoms with Crippen molar-refractivity contribution in [3.8, 4) is 5.75 Å². The number of rotatable bonds is 7. The van der Waals surface area contributed by atoms with Gasteiger partial charge in [0.2, 0.25) is 5.91 Å². The predicted molar refractivity (Wildman–Crippen MR) is 113 cm³/mol. The fourth-order valence-electron chi connectivity index (χ4n) is 2.87. The molecule has 0 aliphatic heterocycles. The zero-order valence-corrected chi connectivity index (χ0v) is 17.4. The summed E-state index contributed by atoms with van der Waals surface area (Å²) in [6.07, 6.45) is 0.802. The number of nitrogens with zero attached hydrogens (tertiary/aromatic N) is 2. The van der Waals surface area contributed by atoms with Crippen LogP contribution in [-0.4, -0.2) is 24.0 Å². The summed E-state index contributed by atoms with van der Waals surface area (Å²) in [6.45, 7) is 3.58. The molecule has 2 aromatic carbocycles. The Bertz CT molecular complexity index is 1020. The average molecular weight is 410 g/mol. The highest BCUT2D eigenvalue weighted by Crippen LogP contribution is 2.32. The van der Waals surface area contributed by atoms with E-state index in [0.717, 1.165) is 17.7 Å². The van der Waals surface area contributed by atoms with Crippen molar-refractivity contribution in [3.05, 3.63) is 70.7 Å². The van der Waals surface area contributed by atoms with Crippen LogP contribution in [0.4, 0.5) is 10.8 Å². The Morgan fingerprint density at radius 3 is 2.66 bits per heavy atom. The SMILES string of the molecule is CCc1ccccc1N(C(C)=O)c1nc(COC(=O)c2cccc(OC)c2)cs1. The van der Waals surface area contributed by atoms with Gasteiger partial charge in [0.15, 0.2) is 5.13 Å². The number of hydrogen-bond donors (Lipinski definition) is 0. The van der Waals surface area contributed by atoms with Gasteiger partial charge in [-0.15, -0.1) is 11.3 Å². The van der Waals surface area contributed by atoms with Crippen molar-refractivity contribution in [2.24, 2.45) is 0 Å². The third-order valence-corrected chi connectivity index (χ3v) is 5.19. The first-order valence-corrected chi connectivity index (χ1v) is 10.1. The molecule has 0 saturated carbocycles. The highest BCUT2D eigenvalue weighted by Gasteiger charge is 2.20. The second-order valence-corrected chi connectivity index (χ2v) is 7.10. The van der Waals surface area contributed by atoms with Gasteiger partial charge in [-0.1, -0.05) is 31.2 Å². The summed E-state index contributed by atoms with van der Waals surface area (Å²) in [6, 6.07) is 14.5. The number of ether oxygens (including phenoxy) is 2. The molecule has 1 heterocycles. The lowest BCUT2D eigenvalue weighted by molar-refractivity contribution is -0.115. The fourth-order valence-corrected chi connectivity index (χ4v) is 3.74. The summed E-state index contributed by atoms with van der Waals surface area (Å²) >= 11 is 1.34. The molecule has 0 saturated heterocycles. The molecular formula is C22H22N2O4S. The Kier molecular flexibility index (Phi) is 6.61. The van der Waals surface area contributed by atoms with Gasteiger partial charge in [-0.3, -0.25) is 9.69 Å². The minimum Gasteiger partial charge on any atom is -0.497 e. The van der Waals surface area contributed by atoms with Crippen LogP contribution in [0.2, 0.25) is 0 Å². The number of carbonyl (C=O) groups is 2. The lowest BCUT2D eigenvalue weighted by Crippen LogP contribution is -2.23. The summed E-state index contributed by atoms with van der Waals surface area (Å²) in [5, 5.41) is 2.34.